The third kappa shape index (κ3) is 5.26. The van der Waals surface area contributed by atoms with E-state index in [1.54, 1.807) is 19.1 Å². The maximum absolute atomic E-state index is 13.2. The van der Waals surface area contributed by atoms with Crippen molar-refractivity contribution in [2.75, 3.05) is 27.3 Å². The summed E-state index contributed by atoms with van der Waals surface area (Å²) in [5, 5.41) is 3.62. The van der Waals surface area contributed by atoms with E-state index in [1.807, 2.05) is 0 Å². The molecule has 0 spiro atoms. The Bertz CT molecular complexity index is 547. The van der Waals surface area contributed by atoms with Crippen LogP contribution in [0.25, 0.3) is 0 Å². The Morgan fingerprint density at radius 3 is 2.61 bits per heavy atom. The van der Waals surface area contributed by atoms with Crippen LogP contribution in [-0.4, -0.2) is 55.7 Å². The van der Waals surface area contributed by atoms with E-state index in [0.29, 0.717) is 17.9 Å². The molecule has 0 radical (unpaired) electrons. The number of methoxy groups -OCH3 is 1. The van der Waals surface area contributed by atoms with Crippen LogP contribution in [0.1, 0.15) is 77.0 Å². The van der Waals surface area contributed by atoms with Crippen LogP contribution in [0.2, 0.25) is 0 Å². The minimum absolute atomic E-state index is 0.121. The second-order valence-electron chi connectivity index (χ2n) is 9.29. The molecular weight excluding hydrogens is 352 g/mol. The number of nitrogens with zero attached hydrogens (tertiary/aromatic N) is 2. The van der Waals surface area contributed by atoms with Gasteiger partial charge in [0.1, 0.15) is 5.54 Å². The third-order valence-corrected chi connectivity index (χ3v) is 7.21. The second kappa shape index (κ2) is 10.1. The highest BCUT2D eigenvalue weighted by molar-refractivity contribution is 6.06. The molecule has 3 N–H and O–H groups in total. The molecule has 2 saturated carbocycles. The molecule has 1 heterocycles. The zero-order chi connectivity index (χ0) is 20.0. The zero-order valence-electron chi connectivity index (χ0n) is 17.9. The number of nitrogens with one attached hydrogen (secondary N) is 1. The fourth-order valence-electron chi connectivity index (χ4n) is 5.58. The van der Waals surface area contributed by atoms with Crippen molar-refractivity contribution < 1.29 is 9.53 Å². The minimum Gasteiger partial charge on any atom is -0.383 e. The summed E-state index contributed by atoms with van der Waals surface area (Å²) < 4.78 is 5.17. The molecule has 6 heteroatoms. The summed E-state index contributed by atoms with van der Waals surface area (Å²) >= 11 is 0. The van der Waals surface area contributed by atoms with Gasteiger partial charge in [0.05, 0.1) is 6.61 Å². The summed E-state index contributed by atoms with van der Waals surface area (Å²) in [6.07, 6.45) is 14.3. The molecule has 2 aliphatic carbocycles. The number of amides is 1. The molecule has 3 atom stereocenters. The number of hydrogen-bond acceptors (Lipinski definition) is 5. The molecule has 2 fully saturated rings. The molecule has 6 nitrogen and oxygen atoms in total. The van der Waals surface area contributed by atoms with E-state index in [0.717, 1.165) is 44.8 Å². The van der Waals surface area contributed by atoms with Crippen LogP contribution in [0.3, 0.4) is 0 Å². The van der Waals surface area contributed by atoms with Gasteiger partial charge in [-0.05, 0) is 43.9 Å². The highest BCUT2D eigenvalue weighted by atomic mass is 16.5. The van der Waals surface area contributed by atoms with Crippen molar-refractivity contribution in [3.63, 3.8) is 0 Å². The number of guanidine groups is 1. The average molecular weight is 393 g/mol. The molecule has 0 aromatic rings. The Hall–Kier alpha value is -1.14. The monoisotopic (exact) mass is 392 g/mol. The largest absolute Gasteiger partial charge is 0.383 e. The number of rotatable bonds is 9. The van der Waals surface area contributed by atoms with E-state index in [-0.39, 0.29) is 5.91 Å². The number of hydrogen-bond donors (Lipinski definition) is 2. The van der Waals surface area contributed by atoms with Gasteiger partial charge < -0.3 is 15.8 Å². The maximum atomic E-state index is 13.2. The number of likely N-dealkylation sites (N-methyl/N-ethyl adjacent to an activating group) is 1. The molecule has 0 aromatic heterocycles. The molecule has 0 saturated heterocycles. The van der Waals surface area contributed by atoms with Gasteiger partial charge in [0.15, 0.2) is 5.96 Å². The van der Waals surface area contributed by atoms with Gasteiger partial charge in [0.2, 0.25) is 0 Å². The second-order valence-corrected chi connectivity index (χ2v) is 9.29. The van der Waals surface area contributed by atoms with Gasteiger partial charge in [0.25, 0.3) is 5.91 Å². The molecule has 1 aliphatic heterocycles. The number of ether oxygens (including phenoxy) is 1. The topological polar surface area (TPSA) is 80.0 Å². The number of carbonyl (C=O) groups excluding carboxylic acids is 1. The first-order valence-electron chi connectivity index (χ1n) is 11.4. The summed E-state index contributed by atoms with van der Waals surface area (Å²) in [4.78, 5) is 19.5. The van der Waals surface area contributed by atoms with Crippen LogP contribution < -0.4 is 11.1 Å². The normalized spacial score (nSPS) is 32.0. The van der Waals surface area contributed by atoms with E-state index in [1.165, 1.54) is 51.4 Å². The number of nitrogens with two attached hydrogens (primary N) is 1. The third-order valence-electron chi connectivity index (χ3n) is 7.21. The van der Waals surface area contributed by atoms with E-state index in [2.05, 4.69) is 5.32 Å². The van der Waals surface area contributed by atoms with E-state index < -0.39 is 5.54 Å². The lowest BCUT2D eigenvalue weighted by molar-refractivity contribution is -0.131. The van der Waals surface area contributed by atoms with E-state index in [9.17, 15) is 4.79 Å². The minimum atomic E-state index is -0.616. The highest BCUT2D eigenvalue weighted by Crippen LogP contribution is 2.40. The lowest BCUT2D eigenvalue weighted by Gasteiger charge is -2.35. The van der Waals surface area contributed by atoms with Gasteiger partial charge in [0, 0.05) is 26.7 Å². The first-order chi connectivity index (χ1) is 13.5. The highest BCUT2D eigenvalue weighted by Gasteiger charge is 2.47. The van der Waals surface area contributed by atoms with Crippen molar-refractivity contribution in [1.82, 2.24) is 10.2 Å². The SMILES string of the molecule is COCCN[C@H]1CCC[C@H](C[C@@]2(CCC3CCCCC3)N=C(N)N(C)C2=O)C1. The predicted molar refractivity (Wildman–Crippen MR) is 113 cm³/mol. The summed E-state index contributed by atoms with van der Waals surface area (Å²) in [5.41, 5.74) is 5.48. The average Bonchev–Trinajstić information content (AvgIpc) is 2.92. The fraction of sp³-hybridized carbons (Fsp3) is 0.909. The summed E-state index contributed by atoms with van der Waals surface area (Å²) in [7, 11) is 3.52. The van der Waals surface area contributed by atoms with Crippen LogP contribution in [0.4, 0.5) is 0 Å². The summed E-state index contributed by atoms with van der Waals surface area (Å²) in [5.74, 6) is 1.82. The fourth-order valence-corrected chi connectivity index (χ4v) is 5.58. The van der Waals surface area contributed by atoms with Crippen molar-refractivity contribution in [1.29, 1.82) is 0 Å². The van der Waals surface area contributed by atoms with Gasteiger partial charge in [-0.3, -0.25) is 9.69 Å². The molecular formula is C22H40N4O2. The molecule has 3 aliphatic rings. The molecule has 160 valence electrons. The van der Waals surface area contributed by atoms with Crippen molar-refractivity contribution in [3.05, 3.63) is 0 Å². The van der Waals surface area contributed by atoms with E-state index >= 15 is 0 Å². The van der Waals surface area contributed by atoms with Crippen LogP contribution in [0.15, 0.2) is 4.99 Å². The Balaban J connectivity index is 1.63. The molecule has 3 rings (SSSR count). The lowest BCUT2D eigenvalue weighted by Crippen LogP contribution is -2.45. The molecule has 28 heavy (non-hydrogen) atoms. The Morgan fingerprint density at radius 2 is 1.93 bits per heavy atom. The molecule has 1 amide bonds. The smallest absolute Gasteiger partial charge is 0.257 e. The molecule has 0 unspecified atom stereocenters. The van der Waals surface area contributed by atoms with Crippen molar-refractivity contribution in [2.24, 2.45) is 22.6 Å². The number of aliphatic imine (C=N–C) groups is 1. The lowest BCUT2D eigenvalue weighted by atomic mass is 9.74. The Kier molecular flexibility index (Phi) is 7.75. The van der Waals surface area contributed by atoms with Gasteiger partial charge in [-0.15, -0.1) is 0 Å². The van der Waals surface area contributed by atoms with Crippen molar-refractivity contribution >= 4 is 11.9 Å². The zero-order valence-corrected chi connectivity index (χ0v) is 17.9. The van der Waals surface area contributed by atoms with Gasteiger partial charge in [-0.2, -0.15) is 0 Å². The van der Waals surface area contributed by atoms with Crippen LogP contribution in [0.5, 0.6) is 0 Å². The first kappa shape index (κ1) is 21.6. The van der Waals surface area contributed by atoms with Crippen LogP contribution in [0, 0.1) is 11.8 Å². The van der Waals surface area contributed by atoms with Crippen LogP contribution in [-0.2, 0) is 9.53 Å². The number of carbonyl (C=O) groups is 1. The van der Waals surface area contributed by atoms with Crippen molar-refractivity contribution in [2.45, 2.75) is 88.6 Å². The standard InChI is InChI=1S/C22H40N4O2/c1-26-20(27)22(25-21(26)23,12-11-17-7-4-3-5-8-17)16-18-9-6-10-19(15-18)24-13-14-28-2/h17-19,24H,3-16H2,1-2H3,(H2,23,25)/t18-,19-,22+/m0/s1. The summed E-state index contributed by atoms with van der Waals surface area (Å²) in [6, 6.07) is 0.528. The first-order valence-corrected chi connectivity index (χ1v) is 11.4. The maximum Gasteiger partial charge on any atom is 0.257 e. The van der Waals surface area contributed by atoms with Gasteiger partial charge in [-0.25, -0.2) is 4.99 Å². The molecule has 0 aromatic carbocycles. The van der Waals surface area contributed by atoms with Crippen molar-refractivity contribution in [3.8, 4) is 0 Å². The van der Waals surface area contributed by atoms with Gasteiger partial charge in [-0.1, -0.05) is 44.9 Å². The predicted octanol–water partition coefficient (Wildman–Crippen LogP) is 3.06. The Labute approximate surface area is 170 Å². The molecule has 0 bridgehead atoms. The Morgan fingerprint density at radius 1 is 1.18 bits per heavy atom. The quantitative estimate of drug-likeness (QED) is 0.591. The van der Waals surface area contributed by atoms with Crippen LogP contribution >= 0.6 is 0 Å². The van der Waals surface area contributed by atoms with Gasteiger partial charge >= 0.3 is 0 Å². The van der Waals surface area contributed by atoms with E-state index in [4.69, 9.17) is 15.5 Å². The summed E-state index contributed by atoms with van der Waals surface area (Å²) in [6.45, 7) is 1.64.